The van der Waals surface area contributed by atoms with Gasteiger partial charge in [-0.2, -0.15) is 0 Å². The van der Waals surface area contributed by atoms with Gasteiger partial charge in [-0.25, -0.2) is 14.2 Å². The SMILES string of the molecule is C#CCN(Cc1ccc2nc(C)[nH]c(=O)c2c1)c1ccc(C(=O)N(C)[C@@](CCC(=O)O)(C(=O)O)C(=O)CC[C@H](N)C(=O)O)c(F)c1. The highest BCUT2D eigenvalue weighted by molar-refractivity contribution is 6.12. The van der Waals surface area contributed by atoms with E-state index in [1.54, 1.807) is 30.0 Å². The summed E-state index contributed by atoms with van der Waals surface area (Å²) in [6.07, 6.45) is 2.61. The average Bonchev–Trinajstić information content (AvgIpc) is 2.99. The molecule has 15 heteroatoms. The van der Waals surface area contributed by atoms with Crippen molar-refractivity contribution in [1.82, 2.24) is 14.9 Å². The largest absolute Gasteiger partial charge is 0.481 e. The molecule has 14 nitrogen and oxygen atoms in total. The molecule has 0 aliphatic heterocycles. The van der Waals surface area contributed by atoms with Gasteiger partial charge in [0.2, 0.25) is 0 Å². The summed E-state index contributed by atoms with van der Waals surface area (Å²) in [6, 6.07) is 6.90. The molecular weight excluding hydrogens is 605 g/mol. The standard InChI is InChI=1S/C31H32FN5O9/c1-4-13-37(16-18-5-9-24-21(14-18)27(41)35-17(2)34-24)19-6-7-20(22(32)15-19)28(42)36(3)31(30(45)46,12-11-26(39)40)25(38)10-8-23(33)29(43)44/h1,5-7,9,14-15,23H,8,10-13,16,33H2,2-3H3,(H,39,40)(H,43,44)(H,45,46)(H,34,35,41)/t23-,31+/m0/s1. The second kappa shape index (κ2) is 14.4. The number of carbonyl (C=O) groups excluding carboxylic acids is 2. The Kier molecular flexibility index (Phi) is 10.9. The van der Waals surface area contributed by atoms with E-state index in [1.165, 1.54) is 6.07 Å². The zero-order chi connectivity index (χ0) is 34.3. The van der Waals surface area contributed by atoms with E-state index in [9.17, 15) is 39.0 Å². The van der Waals surface area contributed by atoms with Crippen LogP contribution in [0, 0.1) is 25.1 Å². The molecule has 0 unspecified atom stereocenters. The number of aryl methyl sites for hydroxylation is 1. The molecule has 3 rings (SSSR count). The van der Waals surface area contributed by atoms with Gasteiger partial charge in [0, 0.05) is 32.1 Å². The summed E-state index contributed by atoms with van der Waals surface area (Å²) in [7, 11) is 0.920. The molecule has 0 fully saturated rings. The van der Waals surface area contributed by atoms with Gasteiger partial charge in [0.1, 0.15) is 17.7 Å². The maximum atomic E-state index is 15.6. The van der Waals surface area contributed by atoms with Crippen molar-refractivity contribution < 1.29 is 43.7 Å². The number of hydrogen-bond acceptors (Lipinski definition) is 9. The zero-order valence-corrected chi connectivity index (χ0v) is 24.9. The fourth-order valence-electron chi connectivity index (χ4n) is 4.97. The Morgan fingerprint density at radius 2 is 1.80 bits per heavy atom. The number of halogens is 1. The van der Waals surface area contributed by atoms with Crippen molar-refractivity contribution in [2.75, 3.05) is 18.5 Å². The predicted molar refractivity (Wildman–Crippen MR) is 163 cm³/mol. The number of aromatic nitrogens is 2. The number of rotatable bonds is 15. The molecule has 46 heavy (non-hydrogen) atoms. The summed E-state index contributed by atoms with van der Waals surface area (Å²) in [5.41, 5.74) is 3.07. The quantitative estimate of drug-likeness (QED) is 0.118. The molecule has 3 aromatic rings. The Morgan fingerprint density at radius 1 is 1.11 bits per heavy atom. The number of carboxylic acid groups (broad SMARTS) is 3. The summed E-state index contributed by atoms with van der Waals surface area (Å²) in [5, 5.41) is 28.7. The first-order valence-corrected chi connectivity index (χ1v) is 13.8. The van der Waals surface area contributed by atoms with Crippen molar-refractivity contribution in [3.8, 4) is 12.3 Å². The van der Waals surface area contributed by atoms with Crippen molar-refractivity contribution in [3.05, 3.63) is 69.5 Å². The van der Waals surface area contributed by atoms with Crippen molar-refractivity contribution >= 4 is 46.2 Å². The lowest BCUT2D eigenvalue weighted by Gasteiger charge is -2.37. The Balaban J connectivity index is 1.96. The van der Waals surface area contributed by atoms with Gasteiger partial charge in [0.25, 0.3) is 11.5 Å². The number of anilines is 1. The highest BCUT2D eigenvalue weighted by atomic mass is 19.1. The molecule has 0 spiro atoms. The molecule has 1 aromatic heterocycles. The Hall–Kier alpha value is -5.62. The lowest BCUT2D eigenvalue weighted by Crippen LogP contribution is -2.61. The first-order valence-electron chi connectivity index (χ1n) is 13.8. The third kappa shape index (κ3) is 7.53. The van der Waals surface area contributed by atoms with E-state index in [-0.39, 0.29) is 24.3 Å². The number of nitrogens with zero attached hydrogens (tertiary/aromatic N) is 3. The number of aromatic amines is 1. The Bertz CT molecular complexity index is 1800. The van der Waals surface area contributed by atoms with Gasteiger partial charge in [-0.3, -0.25) is 24.0 Å². The van der Waals surface area contributed by atoms with Crippen molar-refractivity contribution in [2.45, 2.75) is 50.7 Å². The number of carbonyl (C=O) groups is 5. The van der Waals surface area contributed by atoms with Gasteiger partial charge in [0.15, 0.2) is 11.3 Å². The van der Waals surface area contributed by atoms with Crippen LogP contribution in [0.4, 0.5) is 10.1 Å². The molecular formula is C31H32FN5O9. The molecule has 0 bridgehead atoms. The summed E-state index contributed by atoms with van der Waals surface area (Å²) in [6.45, 7) is 1.78. The molecule has 0 aliphatic carbocycles. The molecule has 1 amide bonds. The van der Waals surface area contributed by atoms with Crippen LogP contribution in [0.2, 0.25) is 0 Å². The van der Waals surface area contributed by atoms with E-state index in [0.29, 0.717) is 27.2 Å². The van der Waals surface area contributed by atoms with Crippen molar-refractivity contribution in [3.63, 3.8) is 0 Å². The number of fused-ring (bicyclic) bond motifs is 1. The second-order valence-corrected chi connectivity index (χ2v) is 10.6. The number of H-pyrrole nitrogens is 1. The maximum absolute atomic E-state index is 15.6. The Morgan fingerprint density at radius 3 is 2.39 bits per heavy atom. The first-order chi connectivity index (χ1) is 21.6. The number of likely N-dealkylation sites (N-methyl/N-ethyl adjacent to an activating group) is 1. The highest BCUT2D eigenvalue weighted by Crippen LogP contribution is 2.29. The number of terminal acetylenes is 1. The van der Waals surface area contributed by atoms with Crippen molar-refractivity contribution in [1.29, 1.82) is 0 Å². The number of nitrogens with two attached hydrogens (primary N) is 1. The van der Waals surface area contributed by atoms with E-state index in [2.05, 4.69) is 15.9 Å². The number of benzene rings is 2. The van der Waals surface area contributed by atoms with Crippen LogP contribution < -0.4 is 16.2 Å². The zero-order valence-electron chi connectivity index (χ0n) is 24.9. The fourth-order valence-corrected chi connectivity index (χ4v) is 4.97. The molecule has 242 valence electrons. The smallest absolute Gasteiger partial charge is 0.337 e. The van der Waals surface area contributed by atoms with E-state index in [0.717, 1.165) is 19.2 Å². The minimum Gasteiger partial charge on any atom is -0.481 e. The highest BCUT2D eigenvalue weighted by Gasteiger charge is 2.51. The van der Waals surface area contributed by atoms with Crippen LogP contribution in [-0.2, 0) is 25.7 Å². The van der Waals surface area contributed by atoms with Crippen LogP contribution in [0.5, 0.6) is 0 Å². The minimum absolute atomic E-state index is 0.00251. The third-order valence-corrected chi connectivity index (χ3v) is 7.48. The minimum atomic E-state index is -2.77. The van der Waals surface area contributed by atoms with Gasteiger partial charge in [-0.15, -0.1) is 6.42 Å². The van der Waals surface area contributed by atoms with Crippen LogP contribution in [0.1, 0.15) is 47.4 Å². The van der Waals surface area contributed by atoms with Gasteiger partial charge >= 0.3 is 17.9 Å². The molecule has 0 saturated heterocycles. The van der Waals surface area contributed by atoms with E-state index < -0.39 is 78.2 Å². The van der Waals surface area contributed by atoms with E-state index >= 15 is 4.39 Å². The van der Waals surface area contributed by atoms with Gasteiger partial charge in [0.05, 0.1) is 23.0 Å². The summed E-state index contributed by atoms with van der Waals surface area (Å²) in [5.74, 6) is -5.40. The molecule has 0 saturated carbocycles. The molecule has 2 aromatic carbocycles. The van der Waals surface area contributed by atoms with Gasteiger partial charge < -0.3 is 35.8 Å². The third-order valence-electron chi connectivity index (χ3n) is 7.48. The van der Waals surface area contributed by atoms with E-state index in [1.807, 2.05) is 0 Å². The number of Topliss-reactive ketones (excluding diaryl/α,β-unsaturated/α-hetero) is 1. The number of amides is 1. The van der Waals surface area contributed by atoms with Gasteiger partial charge in [-0.05, 0) is 55.7 Å². The molecule has 0 radical (unpaired) electrons. The molecule has 6 N–H and O–H groups in total. The van der Waals surface area contributed by atoms with E-state index in [4.69, 9.17) is 17.3 Å². The summed E-state index contributed by atoms with van der Waals surface area (Å²) in [4.78, 5) is 83.1. The normalized spacial score (nSPS) is 12.8. The lowest BCUT2D eigenvalue weighted by molar-refractivity contribution is -0.156. The second-order valence-electron chi connectivity index (χ2n) is 10.6. The fraction of sp³-hybridized carbons (Fsp3) is 0.323. The number of aliphatic carboxylic acids is 3. The van der Waals surface area contributed by atoms with Crippen molar-refractivity contribution in [2.24, 2.45) is 5.73 Å². The molecule has 0 aliphatic rings. The predicted octanol–water partition coefficient (Wildman–Crippen LogP) is 1.53. The summed E-state index contributed by atoms with van der Waals surface area (Å²) >= 11 is 0. The van der Waals surface area contributed by atoms with Crippen LogP contribution in [0.25, 0.3) is 10.9 Å². The molecule has 2 atom stereocenters. The number of hydrogen-bond donors (Lipinski definition) is 5. The van der Waals surface area contributed by atoms with Crippen LogP contribution in [0.3, 0.4) is 0 Å². The van der Waals surface area contributed by atoms with Crippen LogP contribution in [0.15, 0.2) is 41.2 Å². The van der Waals surface area contributed by atoms with Crippen LogP contribution >= 0.6 is 0 Å². The monoisotopic (exact) mass is 637 g/mol. The number of ketones is 1. The topological polar surface area (TPSA) is 224 Å². The van der Waals surface area contributed by atoms with Crippen LogP contribution in [-0.4, -0.2) is 85.0 Å². The molecule has 1 heterocycles. The first kappa shape index (κ1) is 34.9. The lowest BCUT2D eigenvalue weighted by atomic mass is 9.83. The maximum Gasteiger partial charge on any atom is 0.337 e. The summed E-state index contributed by atoms with van der Waals surface area (Å²) < 4.78 is 15.6. The Labute approximate surface area is 261 Å². The average molecular weight is 638 g/mol. The number of carboxylic acids is 3. The number of nitrogens with one attached hydrogen (secondary N) is 1. The van der Waals surface area contributed by atoms with Gasteiger partial charge in [-0.1, -0.05) is 12.0 Å².